The van der Waals surface area contributed by atoms with Crippen LogP contribution in [0.4, 0.5) is 0 Å². The van der Waals surface area contributed by atoms with E-state index in [2.05, 4.69) is 46.0 Å². The van der Waals surface area contributed by atoms with Crippen molar-refractivity contribution in [1.29, 1.82) is 0 Å². The molecule has 1 aromatic rings. The lowest BCUT2D eigenvalue weighted by Gasteiger charge is -2.04. The third-order valence-corrected chi connectivity index (χ3v) is 2.00. The van der Waals surface area contributed by atoms with Gasteiger partial charge in [0.05, 0.1) is 3.92 Å². The van der Waals surface area contributed by atoms with Crippen LogP contribution in [0.15, 0.2) is 12.4 Å². The second-order valence-electron chi connectivity index (χ2n) is 2.19. The minimum Gasteiger partial charge on any atom is -0.334 e. The first-order valence-electron chi connectivity index (χ1n) is 3.40. The quantitative estimate of drug-likeness (QED) is 0.582. The van der Waals surface area contributed by atoms with E-state index in [1.54, 1.807) is 0 Å². The lowest BCUT2D eigenvalue weighted by molar-refractivity contribution is 0.706. The monoisotopic (exact) mass is 250 g/mol. The van der Waals surface area contributed by atoms with Crippen LogP contribution in [-0.2, 0) is 6.54 Å². The van der Waals surface area contributed by atoms with Crippen LogP contribution in [-0.4, -0.2) is 9.55 Å². The summed E-state index contributed by atoms with van der Waals surface area (Å²) < 4.78 is 2.67. The van der Waals surface area contributed by atoms with E-state index < -0.39 is 0 Å². The van der Waals surface area contributed by atoms with Gasteiger partial charge in [0, 0.05) is 18.9 Å². The summed E-state index contributed by atoms with van der Waals surface area (Å²) in [7, 11) is 0. The zero-order valence-electron chi connectivity index (χ0n) is 6.21. The van der Waals surface area contributed by atoms with Crippen molar-refractivity contribution in [2.75, 3.05) is 0 Å². The average Bonchev–Trinajstić information content (AvgIpc) is 2.33. The van der Waals surface area contributed by atoms with Crippen LogP contribution in [0.1, 0.15) is 23.6 Å². The molecule has 0 aliphatic heterocycles. The number of hydrogen-bond acceptors (Lipinski definition) is 1. The van der Waals surface area contributed by atoms with Crippen LogP contribution >= 0.6 is 22.6 Å². The molecule has 1 unspecified atom stereocenters. The zero-order chi connectivity index (χ0) is 7.56. The van der Waals surface area contributed by atoms with Crippen LogP contribution in [0.2, 0.25) is 0 Å². The van der Waals surface area contributed by atoms with Crippen LogP contribution < -0.4 is 0 Å². The van der Waals surface area contributed by atoms with E-state index in [0.29, 0.717) is 3.92 Å². The number of rotatable bonds is 2. The molecule has 10 heavy (non-hydrogen) atoms. The molecular formula is C7H11IN2. The van der Waals surface area contributed by atoms with Crippen molar-refractivity contribution in [3.8, 4) is 0 Å². The summed E-state index contributed by atoms with van der Waals surface area (Å²) in [5, 5.41) is 0. The van der Waals surface area contributed by atoms with Crippen molar-refractivity contribution < 1.29 is 0 Å². The molecule has 0 saturated carbocycles. The Kier molecular flexibility index (Phi) is 2.71. The van der Waals surface area contributed by atoms with E-state index in [0.717, 1.165) is 6.54 Å². The number of nitrogens with zero attached hydrogens (tertiary/aromatic N) is 2. The maximum Gasteiger partial charge on any atom is 0.121 e. The number of alkyl halides is 1. The first-order valence-corrected chi connectivity index (χ1v) is 4.65. The van der Waals surface area contributed by atoms with E-state index >= 15 is 0 Å². The summed E-state index contributed by atoms with van der Waals surface area (Å²) in [6.45, 7) is 5.29. The molecule has 2 nitrogen and oxygen atoms in total. The molecule has 0 aromatic carbocycles. The molecule has 0 aliphatic carbocycles. The molecule has 0 amide bonds. The largest absolute Gasteiger partial charge is 0.334 e. The molecule has 3 heteroatoms. The lowest BCUT2D eigenvalue weighted by Crippen LogP contribution is -2.00. The van der Waals surface area contributed by atoms with Crippen LogP contribution in [0.25, 0.3) is 0 Å². The molecule has 1 heterocycles. The average molecular weight is 250 g/mol. The Morgan fingerprint density at radius 2 is 2.50 bits per heavy atom. The van der Waals surface area contributed by atoms with Gasteiger partial charge >= 0.3 is 0 Å². The Hall–Kier alpha value is -0.0600. The lowest BCUT2D eigenvalue weighted by atomic mass is 10.4. The van der Waals surface area contributed by atoms with Crippen LogP contribution in [0, 0.1) is 0 Å². The molecule has 1 rings (SSSR count). The van der Waals surface area contributed by atoms with Gasteiger partial charge in [0.2, 0.25) is 0 Å². The van der Waals surface area contributed by atoms with E-state index in [1.165, 1.54) is 5.82 Å². The van der Waals surface area contributed by atoms with Crippen LogP contribution in [0.5, 0.6) is 0 Å². The molecule has 0 radical (unpaired) electrons. The molecule has 0 spiro atoms. The fraction of sp³-hybridized carbons (Fsp3) is 0.571. The number of imidazole rings is 1. The summed E-state index contributed by atoms with van der Waals surface area (Å²) in [5.41, 5.74) is 0. The van der Waals surface area contributed by atoms with Gasteiger partial charge in [-0.15, -0.1) is 0 Å². The molecule has 1 aromatic heterocycles. The van der Waals surface area contributed by atoms with Crippen LogP contribution in [0.3, 0.4) is 0 Å². The predicted octanol–water partition coefficient (Wildman–Crippen LogP) is 2.40. The molecule has 0 N–H and O–H groups in total. The fourth-order valence-electron chi connectivity index (χ4n) is 0.939. The highest BCUT2D eigenvalue weighted by atomic mass is 127. The van der Waals surface area contributed by atoms with Crippen molar-refractivity contribution in [3.05, 3.63) is 18.2 Å². The van der Waals surface area contributed by atoms with Crippen molar-refractivity contribution >= 4 is 22.6 Å². The number of hydrogen-bond donors (Lipinski definition) is 0. The molecule has 1 atom stereocenters. The van der Waals surface area contributed by atoms with Gasteiger partial charge in [-0.05, 0) is 13.8 Å². The van der Waals surface area contributed by atoms with E-state index in [4.69, 9.17) is 0 Å². The Labute approximate surface area is 74.8 Å². The molecule has 0 saturated heterocycles. The fourth-order valence-corrected chi connectivity index (χ4v) is 1.46. The standard InChI is InChI=1S/C7H11IN2/c1-3-10-5-4-9-7(10)6(2)8/h4-6H,3H2,1-2H3. The normalized spacial score (nSPS) is 13.5. The summed E-state index contributed by atoms with van der Waals surface area (Å²) in [4.78, 5) is 4.24. The Bertz CT molecular complexity index is 205. The smallest absolute Gasteiger partial charge is 0.121 e. The van der Waals surface area contributed by atoms with Gasteiger partial charge in [-0.3, -0.25) is 0 Å². The first kappa shape index (κ1) is 8.04. The number of aryl methyl sites for hydroxylation is 1. The highest BCUT2D eigenvalue weighted by molar-refractivity contribution is 14.1. The van der Waals surface area contributed by atoms with Gasteiger partial charge in [0.25, 0.3) is 0 Å². The molecule has 0 fully saturated rings. The minimum atomic E-state index is 0.507. The minimum absolute atomic E-state index is 0.507. The van der Waals surface area contributed by atoms with Crippen molar-refractivity contribution in [2.24, 2.45) is 0 Å². The highest BCUT2D eigenvalue weighted by Gasteiger charge is 2.05. The van der Waals surface area contributed by atoms with Crippen molar-refractivity contribution in [3.63, 3.8) is 0 Å². The molecule has 56 valence electrons. The Balaban J connectivity index is 2.90. The van der Waals surface area contributed by atoms with Crippen molar-refractivity contribution in [1.82, 2.24) is 9.55 Å². The predicted molar refractivity (Wildman–Crippen MR) is 50.3 cm³/mol. The first-order chi connectivity index (χ1) is 4.75. The molecular weight excluding hydrogens is 239 g/mol. The van der Waals surface area contributed by atoms with E-state index in [1.807, 2.05) is 12.4 Å². The third-order valence-electron chi connectivity index (χ3n) is 1.44. The van der Waals surface area contributed by atoms with E-state index in [9.17, 15) is 0 Å². The van der Waals surface area contributed by atoms with E-state index in [-0.39, 0.29) is 0 Å². The van der Waals surface area contributed by atoms with Crippen molar-refractivity contribution in [2.45, 2.75) is 24.3 Å². The summed E-state index contributed by atoms with van der Waals surface area (Å²) in [6.07, 6.45) is 3.87. The Morgan fingerprint density at radius 1 is 1.80 bits per heavy atom. The second kappa shape index (κ2) is 3.37. The van der Waals surface area contributed by atoms with Gasteiger partial charge in [-0.25, -0.2) is 4.98 Å². The number of aromatic nitrogens is 2. The second-order valence-corrected chi connectivity index (χ2v) is 4.06. The maximum absolute atomic E-state index is 4.24. The topological polar surface area (TPSA) is 17.8 Å². The van der Waals surface area contributed by atoms with Gasteiger partial charge in [0.15, 0.2) is 0 Å². The number of halogens is 1. The highest BCUT2D eigenvalue weighted by Crippen LogP contribution is 2.19. The SMILES string of the molecule is CCn1ccnc1C(C)I. The van der Waals surface area contributed by atoms with Gasteiger partial charge in [-0.1, -0.05) is 22.6 Å². The maximum atomic E-state index is 4.24. The third kappa shape index (κ3) is 1.51. The molecule has 0 aliphatic rings. The van der Waals surface area contributed by atoms with Gasteiger partial charge in [-0.2, -0.15) is 0 Å². The zero-order valence-corrected chi connectivity index (χ0v) is 8.37. The summed E-state index contributed by atoms with van der Waals surface area (Å²) in [5.74, 6) is 1.17. The summed E-state index contributed by atoms with van der Waals surface area (Å²) >= 11 is 2.37. The molecule has 0 bridgehead atoms. The van der Waals surface area contributed by atoms with Gasteiger partial charge < -0.3 is 4.57 Å². The Morgan fingerprint density at radius 3 is 2.90 bits per heavy atom. The summed E-state index contributed by atoms with van der Waals surface area (Å²) in [6, 6.07) is 0. The van der Waals surface area contributed by atoms with Gasteiger partial charge in [0.1, 0.15) is 5.82 Å².